The van der Waals surface area contributed by atoms with Crippen LogP contribution in [0.2, 0.25) is 5.02 Å². The summed E-state index contributed by atoms with van der Waals surface area (Å²) in [6.45, 7) is 2.71. The molecule has 3 amide bonds. The minimum absolute atomic E-state index is 0.0755. The molecule has 0 aromatic heterocycles. The maximum Gasteiger partial charge on any atom is 0.325 e. The van der Waals surface area contributed by atoms with E-state index in [1.54, 1.807) is 24.3 Å². The van der Waals surface area contributed by atoms with Crippen molar-refractivity contribution < 1.29 is 14.3 Å². The standard InChI is InChI=1S/C14H16ClN3O3S2/c15-10-3-1-2-4-11(10)16-13(20)17-12(19)9-23-14(22)18-5-7-21-8-6-18/h1-4H,5-9H2,(H2,16,17,19,20). The molecule has 1 saturated heterocycles. The highest BCUT2D eigenvalue weighted by molar-refractivity contribution is 8.23. The number of nitrogens with one attached hydrogen (secondary N) is 2. The topological polar surface area (TPSA) is 70.7 Å². The minimum Gasteiger partial charge on any atom is -0.378 e. The van der Waals surface area contributed by atoms with Crippen molar-refractivity contribution in [3.8, 4) is 0 Å². The number of anilines is 1. The van der Waals surface area contributed by atoms with Crippen molar-refractivity contribution in [3.63, 3.8) is 0 Å². The molecule has 2 N–H and O–H groups in total. The molecule has 0 aliphatic carbocycles. The molecule has 0 saturated carbocycles. The van der Waals surface area contributed by atoms with Crippen LogP contribution in [0.15, 0.2) is 24.3 Å². The molecule has 1 aromatic rings. The van der Waals surface area contributed by atoms with Gasteiger partial charge >= 0.3 is 6.03 Å². The van der Waals surface area contributed by atoms with Crippen LogP contribution < -0.4 is 10.6 Å². The molecule has 1 aromatic carbocycles. The zero-order valence-electron chi connectivity index (χ0n) is 12.2. The number of hydrogen-bond acceptors (Lipinski definition) is 5. The van der Waals surface area contributed by atoms with E-state index in [-0.39, 0.29) is 5.75 Å². The van der Waals surface area contributed by atoms with Crippen molar-refractivity contribution in [1.82, 2.24) is 10.2 Å². The zero-order valence-corrected chi connectivity index (χ0v) is 14.6. The van der Waals surface area contributed by atoms with Crippen LogP contribution in [0.1, 0.15) is 0 Å². The first-order valence-corrected chi connectivity index (χ1v) is 8.68. The fourth-order valence-electron chi connectivity index (χ4n) is 1.84. The Balaban J connectivity index is 1.72. The largest absolute Gasteiger partial charge is 0.378 e. The molecular weight excluding hydrogens is 358 g/mol. The highest BCUT2D eigenvalue weighted by Gasteiger charge is 2.16. The van der Waals surface area contributed by atoms with E-state index in [4.69, 9.17) is 28.6 Å². The molecule has 23 heavy (non-hydrogen) atoms. The normalized spacial score (nSPS) is 14.2. The molecule has 1 heterocycles. The molecule has 124 valence electrons. The number of para-hydroxylation sites is 1. The highest BCUT2D eigenvalue weighted by Crippen LogP contribution is 2.20. The van der Waals surface area contributed by atoms with E-state index in [0.717, 1.165) is 13.1 Å². The van der Waals surface area contributed by atoms with Gasteiger partial charge in [0.25, 0.3) is 0 Å². The highest BCUT2D eigenvalue weighted by atomic mass is 35.5. The summed E-state index contributed by atoms with van der Waals surface area (Å²) in [5.74, 6) is -0.346. The van der Waals surface area contributed by atoms with Crippen molar-refractivity contribution in [2.75, 3.05) is 37.4 Å². The Morgan fingerprint density at radius 3 is 2.70 bits per heavy atom. The third kappa shape index (κ3) is 5.98. The lowest BCUT2D eigenvalue weighted by Gasteiger charge is -2.28. The lowest BCUT2D eigenvalue weighted by molar-refractivity contribution is -0.117. The SMILES string of the molecule is O=C(CSC(=S)N1CCOCC1)NC(=O)Nc1ccccc1Cl. The Labute approximate surface area is 148 Å². The molecule has 0 radical (unpaired) electrons. The van der Waals surface area contributed by atoms with Crippen molar-refractivity contribution in [1.29, 1.82) is 0 Å². The first kappa shape index (κ1) is 18.0. The summed E-state index contributed by atoms with van der Waals surface area (Å²) in [6, 6.07) is 6.16. The number of nitrogens with zero attached hydrogens (tertiary/aromatic N) is 1. The summed E-state index contributed by atoms with van der Waals surface area (Å²) >= 11 is 12.4. The first-order chi connectivity index (χ1) is 11.1. The van der Waals surface area contributed by atoms with Crippen molar-refractivity contribution >= 4 is 57.5 Å². The summed E-state index contributed by atoms with van der Waals surface area (Å²) in [7, 11) is 0. The third-order valence-corrected chi connectivity index (χ3v) is 4.82. The number of carbonyl (C=O) groups is 2. The summed E-state index contributed by atoms with van der Waals surface area (Å²) < 4.78 is 5.87. The van der Waals surface area contributed by atoms with Crippen LogP contribution in [0.4, 0.5) is 10.5 Å². The van der Waals surface area contributed by atoms with Crippen LogP contribution >= 0.6 is 35.6 Å². The smallest absolute Gasteiger partial charge is 0.325 e. The number of morpholine rings is 1. The minimum atomic E-state index is -0.624. The summed E-state index contributed by atoms with van der Waals surface area (Å²) in [6.07, 6.45) is 0. The van der Waals surface area contributed by atoms with Crippen molar-refractivity contribution in [2.45, 2.75) is 0 Å². The number of imide groups is 1. The van der Waals surface area contributed by atoms with Gasteiger partial charge in [-0.05, 0) is 12.1 Å². The molecule has 0 atom stereocenters. The average Bonchev–Trinajstić information content (AvgIpc) is 2.55. The predicted molar refractivity (Wildman–Crippen MR) is 96.1 cm³/mol. The van der Waals surface area contributed by atoms with Crippen molar-refractivity contribution in [2.24, 2.45) is 0 Å². The second-order valence-electron chi connectivity index (χ2n) is 4.64. The molecule has 9 heteroatoms. The Morgan fingerprint density at radius 1 is 1.30 bits per heavy atom. The van der Waals surface area contributed by atoms with Gasteiger partial charge in [-0.25, -0.2) is 4.79 Å². The zero-order chi connectivity index (χ0) is 16.7. The number of amides is 3. The van der Waals surface area contributed by atoms with E-state index in [1.807, 2.05) is 4.90 Å². The van der Waals surface area contributed by atoms with Crippen LogP contribution in [-0.4, -0.2) is 53.2 Å². The van der Waals surface area contributed by atoms with Crippen LogP contribution in [0.3, 0.4) is 0 Å². The quantitative estimate of drug-likeness (QED) is 0.792. The average molecular weight is 374 g/mol. The van der Waals surface area contributed by atoms with Gasteiger partial charge in [-0.2, -0.15) is 0 Å². The molecule has 1 aliphatic heterocycles. The molecular formula is C14H16ClN3O3S2. The van der Waals surface area contributed by atoms with E-state index in [0.29, 0.717) is 28.2 Å². The fraction of sp³-hybridized carbons (Fsp3) is 0.357. The van der Waals surface area contributed by atoms with Gasteiger partial charge in [0.05, 0.1) is 29.7 Å². The monoisotopic (exact) mass is 373 g/mol. The number of urea groups is 1. The Bertz CT molecular complexity index is 594. The molecule has 1 aliphatic rings. The number of rotatable bonds is 3. The number of thiocarbonyl (C=S) groups is 1. The lowest BCUT2D eigenvalue weighted by Crippen LogP contribution is -2.40. The maximum absolute atomic E-state index is 11.8. The molecule has 0 bridgehead atoms. The van der Waals surface area contributed by atoms with Crippen LogP contribution in [0, 0.1) is 0 Å². The maximum atomic E-state index is 11.8. The number of hydrogen-bond donors (Lipinski definition) is 2. The number of benzene rings is 1. The van der Waals surface area contributed by atoms with Gasteiger partial charge in [0, 0.05) is 13.1 Å². The summed E-state index contributed by atoms with van der Waals surface area (Å²) in [5, 5.41) is 5.16. The van der Waals surface area contributed by atoms with Crippen LogP contribution in [-0.2, 0) is 9.53 Å². The molecule has 0 unspecified atom stereocenters. The predicted octanol–water partition coefficient (Wildman–Crippen LogP) is 2.34. The van der Waals surface area contributed by atoms with E-state index in [2.05, 4.69) is 10.6 Å². The van der Waals surface area contributed by atoms with Gasteiger partial charge < -0.3 is 15.0 Å². The molecule has 6 nitrogen and oxygen atoms in total. The Morgan fingerprint density at radius 2 is 2.00 bits per heavy atom. The summed E-state index contributed by atoms with van der Waals surface area (Å²) in [5.41, 5.74) is 0.441. The van der Waals surface area contributed by atoms with Gasteiger partial charge in [-0.3, -0.25) is 10.1 Å². The van der Waals surface area contributed by atoms with Crippen molar-refractivity contribution in [3.05, 3.63) is 29.3 Å². The van der Waals surface area contributed by atoms with E-state index >= 15 is 0 Å². The second kappa shape index (κ2) is 9.07. The number of halogens is 1. The Hall–Kier alpha value is -1.35. The van der Waals surface area contributed by atoms with Crippen LogP contribution in [0.25, 0.3) is 0 Å². The number of thioether (sulfide) groups is 1. The summed E-state index contributed by atoms with van der Waals surface area (Å²) in [4.78, 5) is 25.5. The first-order valence-electron chi connectivity index (χ1n) is 6.91. The lowest BCUT2D eigenvalue weighted by atomic mass is 10.3. The number of ether oxygens (including phenoxy) is 1. The molecule has 2 rings (SSSR count). The van der Waals surface area contributed by atoms with Crippen LogP contribution in [0.5, 0.6) is 0 Å². The van der Waals surface area contributed by atoms with Gasteiger partial charge in [0.2, 0.25) is 5.91 Å². The van der Waals surface area contributed by atoms with Gasteiger partial charge in [-0.15, -0.1) is 0 Å². The fourth-order valence-corrected chi connectivity index (χ4v) is 3.08. The molecule has 0 spiro atoms. The third-order valence-electron chi connectivity index (χ3n) is 2.97. The van der Waals surface area contributed by atoms with E-state index in [1.165, 1.54) is 11.8 Å². The number of carbonyl (C=O) groups excluding carboxylic acids is 2. The van der Waals surface area contributed by atoms with E-state index < -0.39 is 11.9 Å². The van der Waals surface area contributed by atoms with Gasteiger partial charge in [0.1, 0.15) is 4.32 Å². The van der Waals surface area contributed by atoms with E-state index in [9.17, 15) is 9.59 Å². The second-order valence-corrected chi connectivity index (χ2v) is 6.65. The van der Waals surface area contributed by atoms with Gasteiger partial charge in [-0.1, -0.05) is 47.7 Å². The van der Waals surface area contributed by atoms with Gasteiger partial charge in [0.15, 0.2) is 0 Å². The Kier molecular flexibility index (Phi) is 7.10. The molecule has 1 fully saturated rings.